The number of alkyl halides is 4. The van der Waals surface area contributed by atoms with E-state index in [2.05, 4.69) is 6.58 Å². The van der Waals surface area contributed by atoms with Crippen LogP contribution < -0.4 is 0 Å². The molecule has 0 unspecified atom stereocenters. The van der Waals surface area contributed by atoms with Crippen LogP contribution in [0.15, 0.2) is 54.1 Å². The summed E-state index contributed by atoms with van der Waals surface area (Å²) in [6, 6.07) is 2.12. The third-order valence-corrected chi connectivity index (χ3v) is 3.90. The summed E-state index contributed by atoms with van der Waals surface area (Å²) in [4.78, 5) is 0. The molecule has 1 nitrogen and oxygen atoms in total. The van der Waals surface area contributed by atoms with Crippen LogP contribution in [-0.2, 0) is 10.7 Å². The Morgan fingerprint density at radius 1 is 1.15 bits per heavy atom. The molecule has 27 heavy (non-hydrogen) atoms. The molecular weight excluding hydrogens is 370 g/mol. The zero-order valence-corrected chi connectivity index (χ0v) is 15.5. The van der Waals surface area contributed by atoms with Crippen LogP contribution in [0.2, 0.25) is 0 Å². The fourth-order valence-corrected chi connectivity index (χ4v) is 2.30. The molecular formula is C20H22F6O. The summed E-state index contributed by atoms with van der Waals surface area (Å²) in [6.45, 7) is 9.89. The van der Waals surface area contributed by atoms with E-state index in [1.807, 2.05) is 0 Å². The molecule has 1 rings (SSSR count). The highest BCUT2D eigenvalue weighted by Gasteiger charge is 2.43. The number of allylic oxidation sites excluding steroid dienone is 4. The average molecular weight is 392 g/mol. The van der Waals surface area contributed by atoms with Crippen LogP contribution in [0, 0.1) is 5.82 Å². The first kappa shape index (κ1) is 22.9. The molecule has 0 aliphatic carbocycles. The molecule has 7 heteroatoms. The van der Waals surface area contributed by atoms with Crippen LogP contribution in [0.3, 0.4) is 0 Å². The average Bonchev–Trinajstić information content (AvgIpc) is 2.57. The Morgan fingerprint density at radius 3 is 2.22 bits per heavy atom. The number of halogens is 6. The zero-order valence-electron chi connectivity index (χ0n) is 15.5. The molecule has 1 aromatic rings. The minimum Gasteiger partial charge on any atom is -0.488 e. The normalized spacial score (nSPS) is 15.0. The molecule has 0 aliphatic heterocycles. The Labute approximate surface area is 155 Å². The molecule has 0 aliphatic rings. The van der Waals surface area contributed by atoms with Crippen molar-refractivity contribution in [3.8, 4) is 0 Å². The van der Waals surface area contributed by atoms with Crippen LogP contribution in [0.4, 0.5) is 26.3 Å². The Bertz CT molecular complexity index is 734. The van der Waals surface area contributed by atoms with Crippen LogP contribution in [0.25, 0.3) is 0 Å². The van der Waals surface area contributed by atoms with Gasteiger partial charge in [0.2, 0.25) is 0 Å². The van der Waals surface area contributed by atoms with E-state index in [1.54, 1.807) is 13.8 Å². The zero-order chi connectivity index (χ0) is 20.9. The highest BCUT2D eigenvalue weighted by Crippen LogP contribution is 2.37. The van der Waals surface area contributed by atoms with Crippen LogP contribution in [0.5, 0.6) is 0 Å². The molecule has 0 saturated heterocycles. The van der Waals surface area contributed by atoms with E-state index in [0.717, 1.165) is 18.2 Å². The maximum Gasteiger partial charge on any atom is 0.332 e. The number of ether oxygens (including phenoxy) is 1. The van der Waals surface area contributed by atoms with E-state index in [1.165, 1.54) is 19.9 Å². The molecule has 0 radical (unpaired) electrons. The van der Waals surface area contributed by atoms with Gasteiger partial charge in [0.25, 0.3) is 0 Å². The molecule has 0 amide bonds. The predicted molar refractivity (Wildman–Crippen MR) is 93.0 cm³/mol. The molecule has 0 spiro atoms. The third kappa shape index (κ3) is 5.91. The van der Waals surface area contributed by atoms with Gasteiger partial charge in [0, 0.05) is 11.5 Å². The SMILES string of the molecule is C=C/C(OC(C)C)=C(F)\C=C(/C)[C@@H](C)c1cc(F)cc(C(F)(F)C(F)F)c1. The van der Waals surface area contributed by atoms with Crippen LogP contribution in [0.1, 0.15) is 44.7 Å². The van der Waals surface area contributed by atoms with Crippen molar-refractivity contribution >= 4 is 0 Å². The molecule has 0 saturated carbocycles. The molecule has 1 aromatic carbocycles. The topological polar surface area (TPSA) is 9.23 Å². The van der Waals surface area contributed by atoms with E-state index >= 15 is 0 Å². The Morgan fingerprint density at radius 2 is 1.74 bits per heavy atom. The molecule has 150 valence electrons. The molecule has 0 aromatic heterocycles. The molecule has 0 fully saturated rings. The Hall–Kier alpha value is -2.18. The van der Waals surface area contributed by atoms with Crippen molar-refractivity contribution in [2.45, 2.75) is 52.1 Å². The van der Waals surface area contributed by atoms with E-state index < -0.39 is 35.5 Å². The van der Waals surface area contributed by atoms with E-state index in [4.69, 9.17) is 4.74 Å². The monoisotopic (exact) mass is 392 g/mol. The smallest absolute Gasteiger partial charge is 0.332 e. The first-order valence-corrected chi connectivity index (χ1v) is 8.24. The summed E-state index contributed by atoms with van der Waals surface area (Å²) in [6.07, 6.45) is -1.97. The van der Waals surface area contributed by atoms with Gasteiger partial charge in [0.1, 0.15) is 5.82 Å². The lowest BCUT2D eigenvalue weighted by Gasteiger charge is -2.19. The van der Waals surface area contributed by atoms with Crippen molar-refractivity contribution in [2.75, 3.05) is 0 Å². The quantitative estimate of drug-likeness (QED) is 0.262. The molecule has 0 heterocycles. The Kier molecular flexibility index (Phi) is 7.75. The lowest BCUT2D eigenvalue weighted by Crippen LogP contribution is -2.24. The van der Waals surface area contributed by atoms with E-state index in [9.17, 15) is 26.3 Å². The number of rotatable bonds is 8. The van der Waals surface area contributed by atoms with Crippen molar-refractivity contribution < 1.29 is 31.1 Å². The van der Waals surface area contributed by atoms with Gasteiger partial charge in [0.15, 0.2) is 11.6 Å². The van der Waals surface area contributed by atoms with Crippen molar-refractivity contribution in [3.05, 3.63) is 71.0 Å². The second-order valence-electron chi connectivity index (χ2n) is 6.39. The number of hydrogen-bond acceptors (Lipinski definition) is 1. The molecule has 0 N–H and O–H groups in total. The van der Waals surface area contributed by atoms with Crippen molar-refractivity contribution in [3.63, 3.8) is 0 Å². The summed E-state index contributed by atoms with van der Waals surface area (Å²) in [5, 5.41) is 0. The highest BCUT2D eigenvalue weighted by molar-refractivity contribution is 5.36. The van der Waals surface area contributed by atoms with Crippen molar-refractivity contribution in [1.82, 2.24) is 0 Å². The van der Waals surface area contributed by atoms with Gasteiger partial charge in [-0.15, -0.1) is 0 Å². The van der Waals surface area contributed by atoms with Gasteiger partial charge >= 0.3 is 12.3 Å². The largest absolute Gasteiger partial charge is 0.488 e. The lowest BCUT2D eigenvalue weighted by atomic mass is 9.91. The first-order valence-electron chi connectivity index (χ1n) is 8.24. The van der Waals surface area contributed by atoms with Gasteiger partial charge in [-0.3, -0.25) is 0 Å². The summed E-state index contributed by atoms with van der Waals surface area (Å²) in [7, 11) is 0. The minimum atomic E-state index is -4.49. The van der Waals surface area contributed by atoms with E-state index in [0.29, 0.717) is 11.6 Å². The van der Waals surface area contributed by atoms with Gasteiger partial charge in [-0.2, -0.15) is 8.78 Å². The standard InChI is InChI=1S/C20H22F6O/c1-6-18(27-11(2)3)17(22)7-12(4)13(5)14-8-15(10-16(21)9-14)20(25,26)19(23)24/h6-11,13,19H,1H2,2-5H3/b12-7+,18-17-/t13-/m1/s1. The van der Waals surface area contributed by atoms with Gasteiger partial charge < -0.3 is 4.74 Å². The predicted octanol–water partition coefficient (Wildman–Crippen LogP) is 7.02. The number of hydrogen-bond donors (Lipinski definition) is 0. The van der Waals surface area contributed by atoms with Crippen LogP contribution in [-0.4, -0.2) is 12.5 Å². The maximum absolute atomic E-state index is 14.3. The summed E-state index contributed by atoms with van der Waals surface area (Å²) >= 11 is 0. The van der Waals surface area contributed by atoms with Crippen molar-refractivity contribution in [2.24, 2.45) is 0 Å². The fourth-order valence-electron chi connectivity index (χ4n) is 2.30. The fraction of sp³-hybridized carbons (Fsp3) is 0.400. The second-order valence-corrected chi connectivity index (χ2v) is 6.39. The summed E-state index contributed by atoms with van der Waals surface area (Å²) in [5.74, 6) is -7.10. The maximum atomic E-state index is 14.3. The highest BCUT2D eigenvalue weighted by atomic mass is 19.3. The summed E-state index contributed by atoms with van der Waals surface area (Å²) < 4.78 is 85.5. The first-order chi connectivity index (χ1) is 12.4. The lowest BCUT2D eigenvalue weighted by molar-refractivity contribution is -0.135. The second kappa shape index (κ2) is 9.15. The molecule has 0 bridgehead atoms. The van der Waals surface area contributed by atoms with Gasteiger partial charge in [-0.1, -0.05) is 19.1 Å². The number of benzene rings is 1. The molecule has 1 atom stereocenters. The van der Waals surface area contributed by atoms with Gasteiger partial charge in [0.05, 0.1) is 6.10 Å². The van der Waals surface area contributed by atoms with E-state index in [-0.39, 0.29) is 17.4 Å². The van der Waals surface area contributed by atoms with Gasteiger partial charge in [-0.05, 0) is 56.7 Å². The minimum absolute atomic E-state index is 0.0248. The Balaban J connectivity index is 3.29. The van der Waals surface area contributed by atoms with Crippen molar-refractivity contribution in [1.29, 1.82) is 0 Å². The summed E-state index contributed by atoms with van der Waals surface area (Å²) in [5.41, 5.74) is -0.744. The van der Waals surface area contributed by atoms with Gasteiger partial charge in [-0.25, -0.2) is 17.6 Å². The third-order valence-electron chi connectivity index (χ3n) is 3.90. The van der Waals surface area contributed by atoms with Crippen LogP contribution >= 0.6 is 0 Å².